The van der Waals surface area contributed by atoms with Gasteiger partial charge in [0.2, 0.25) is 0 Å². The molecule has 1 atom stereocenters. The fourth-order valence-electron chi connectivity index (χ4n) is 3.19. The van der Waals surface area contributed by atoms with Crippen molar-refractivity contribution in [3.63, 3.8) is 0 Å². The Bertz CT molecular complexity index is 378. The van der Waals surface area contributed by atoms with Crippen molar-refractivity contribution in [3.8, 4) is 0 Å². The quantitative estimate of drug-likeness (QED) is 0.702. The Morgan fingerprint density at radius 2 is 2.00 bits per heavy atom. The van der Waals surface area contributed by atoms with Crippen molar-refractivity contribution in [2.24, 2.45) is 10.8 Å². The van der Waals surface area contributed by atoms with Gasteiger partial charge in [0.25, 0.3) is 5.92 Å². The third-order valence-corrected chi connectivity index (χ3v) is 4.79. The van der Waals surface area contributed by atoms with E-state index in [0.29, 0.717) is 19.6 Å². The Morgan fingerprint density at radius 3 is 2.44 bits per heavy atom. The second-order valence-corrected chi connectivity index (χ2v) is 6.61. The molecule has 2 nitrogen and oxygen atoms in total. The maximum atomic E-state index is 13.3. The molecule has 0 bridgehead atoms. The smallest absolute Gasteiger partial charge is 0.255 e. The standard InChI is InChI=1S/C14H21F2NO/c1-11(2)18-10-12(3-4-12)8-17-6-5-13(9-17)7-14(13,15)16/h1,3-10H2,2H3. The fraction of sp³-hybridized carbons (Fsp3) is 0.857. The number of allylic oxidation sites excluding steroid dienone is 1. The van der Waals surface area contributed by atoms with E-state index in [4.69, 9.17) is 4.74 Å². The molecule has 2 saturated carbocycles. The normalized spacial score (nSPS) is 35.7. The summed E-state index contributed by atoms with van der Waals surface area (Å²) in [6.45, 7) is 8.60. The minimum atomic E-state index is -2.40. The lowest BCUT2D eigenvalue weighted by molar-refractivity contribution is 0.0634. The number of nitrogens with zero attached hydrogens (tertiary/aromatic N) is 1. The van der Waals surface area contributed by atoms with Gasteiger partial charge < -0.3 is 9.64 Å². The lowest BCUT2D eigenvalue weighted by Crippen LogP contribution is -2.31. The molecule has 0 aromatic heterocycles. The number of rotatable bonds is 5. The summed E-state index contributed by atoms with van der Waals surface area (Å²) in [6.07, 6.45) is 3.07. The molecule has 1 unspecified atom stereocenters. The first kappa shape index (κ1) is 12.4. The van der Waals surface area contributed by atoms with E-state index < -0.39 is 11.3 Å². The van der Waals surface area contributed by atoms with E-state index in [2.05, 4.69) is 11.5 Å². The van der Waals surface area contributed by atoms with Crippen LogP contribution in [0.3, 0.4) is 0 Å². The number of hydrogen-bond donors (Lipinski definition) is 0. The van der Waals surface area contributed by atoms with Gasteiger partial charge in [-0.3, -0.25) is 0 Å². The van der Waals surface area contributed by atoms with Gasteiger partial charge in [0.1, 0.15) is 0 Å². The van der Waals surface area contributed by atoms with Gasteiger partial charge in [0.15, 0.2) is 0 Å². The zero-order valence-electron chi connectivity index (χ0n) is 11.0. The van der Waals surface area contributed by atoms with Crippen LogP contribution in [0.15, 0.2) is 12.3 Å². The van der Waals surface area contributed by atoms with Gasteiger partial charge in [-0.1, -0.05) is 6.58 Å². The zero-order valence-corrected chi connectivity index (χ0v) is 11.0. The van der Waals surface area contributed by atoms with E-state index in [1.807, 2.05) is 6.92 Å². The molecule has 0 N–H and O–H groups in total. The highest BCUT2D eigenvalue weighted by molar-refractivity contribution is 5.15. The highest BCUT2D eigenvalue weighted by atomic mass is 19.3. The third-order valence-electron chi connectivity index (χ3n) is 4.79. The van der Waals surface area contributed by atoms with Crippen LogP contribution in [0.1, 0.15) is 32.6 Å². The van der Waals surface area contributed by atoms with Crippen LogP contribution in [0, 0.1) is 10.8 Å². The zero-order chi connectivity index (χ0) is 13.0. The molecule has 3 rings (SSSR count). The Morgan fingerprint density at radius 1 is 1.33 bits per heavy atom. The monoisotopic (exact) mass is 257 g/mol. The summed E-state index contributed by atoms with van der Waals surface area (Å²) in [7, 11) is 0. The molecule has 1 aliphatic heterocycles. The molecule has 0 amide bonds. The van der Waals surface area contributed by atoms with Crippen molar-refractivity contribution >= 4 is 0 Å². The van der Waals surface area contributed by atoms with Crippen LogP contribution in [0.25, 0.3) is 0 Å². The van der Waals surface area contributed by atoms with Crippen LogP contribution < -0.4 is 0 Å². The molecule has 1 heterocycles. The topological polar surface area (TPSA) is 12.5 Å². The molecule has 0 radical (unpaired) electrons. The van der Waals surface area contributed by atoms with Crippen LogP contribution in [0.5, 0.6) is 0 Å². The highest BCUT2D eigenvalue weighted by Gasteiger charge is 2.72. The van der Waals surface area contributed by atoms with E-state index in [-0.39, 0.29) is 11.8 Å². The molecule has 3 fully saturated rings. The number of halogens is 2. The molecular formula is C14H21F2NO. The number of hydrogen-bond acceptors (Lipinski definition) is 2. The van der Waals surface area contributed by atoms with Gasteiger partial charge in [-0.25, -0.2) is 8.78 Å². The Hall–Kier alpha value is -0.640. The highest BCUT2D eigenvalue weighted by Crippen LogP contribution is 2.65. The van der Waals surface area contributed by atoms with Crippen LogP contribution >= 0.6 is 0 Å². The molecule has 18 heavy (non-hydrogen) atoms. The number of likely N-dealkylation sites (tertiary alicyclic amines) is 1. The Labute approximate surface area is 107 Å². The molecule has 1 spiro atoms. The van der Waals surface area contributed by atoms with Gasteiger partial charge in [-0.2, -0.15) is 0 Å². The van der Waals surface area contributed by atoms with Crippen molar-refractivity contribution in [3.05, 3.63) is 12.3 Å². The second kappa shape index (κ2) is 3.69. The molecule has 1 saturated heterocycles. The van der Waals surface area contributed by atoms with Crippen molar-refractivity contribution in [1.29, 1.82) is 0 Å². The summed E-state index contributed by atoms with van der Waals surface area (Å²) in [4.78, 5) is 2.22. The largest absolute Gasteiger partial charge is 0.498 e. The minimum Gasteiger partial charge on any atom is -0.498 e. The van der Waals surface area contributed by atoms with E-state index in [9.17, 15) is 8.78 Å². The van der Waals surface area contributed by atoms with E-state index in [0.717, 1.165) is 31.7 Å². The Balaban J connectivity index is 1.51. The number of alkyl halides is 2. The predicted octanol–water partition coefficient (Wildman–Crippen LogP) is 3.05. The summed E-state index contributed by atoms with van der Waals surface area (Å²) in [5.41, 5.74) is -0.451. The van der Waals surface area contributed by atoms with Crippen LogP contribution in [0.2, 0.25) is 0 Å². The first-order valence-corrected chi connectivity index (χ1v) is 6.75. The second-order valence-electron chi connectivity index (χ2n) is 6.61. The molecule has 0 aromatic carbocycles. The SMILES string of the molecule is C=C(C)OCC1(CN2CCC3(C2)CC3(F)F)CC1. The van der Waals surface area contributed by atoms with Crippen molar-refractivity contribution in [2.45, 2.75) is 38.5 Å². The van der Waals surface area contributed by atoms with E-state index in [1.165, 1.54) is 0 Å². The third kappa shape index (κ3) is 2.04. The van der Waals surface area contributed by atoms with Gasteiger partial charge in [-0.05, 0) is 32.7 Å². The molecule has 2 aliphatic carbocycles. The lowest BCUT2D eigenvalue weighted by atomic mass is 10.1. The fourth-order valence-corrected chi connectivity index (χ4v) is 3.19. The molecule has 3 aliphatic rings. The van der Waals surface area contributed by atoms with E-state index in [1.54, 1.807) is 0 Å². The lowest BCUT2D eigenvalue weighted by Gasteiger charge is -2.23. The van der Waals surface area contributed by atoms with Crippen LogP contribution in [-0.4, -0.2) is 37.1 Å². The molecule has 102 valence electrons. The average Bonchev–Trinajstić information content (AvgIpc) is 3.07. The number of ether oxygens (including phenoxy) is 1. The summed E-state index contributed by atoms with van der Waals surface area (Å²) >= 11 is 0. The maximum Gasteiger partial charge on any atom is 0.255 e. The summed E-state index contributed by atoms with van der Waals surface area (Å²) in [5, 5.41) is 0. The van der Waals surface area contributed by atoms with E-state index >= 15 is 0 Å². The molecule has 4 heteroatoms. The van der Waals surface area contributed by atoms with Gasteiger partial charge in [0.05, 0.1) is 17.8 Å². The first-order valence-electron chi connectivity index (χ1n) is 6.75. The molecular weight excluding hydrogens is 236 g/mol. The average molecular weight is 257 g/mol. The van der Waals surface area contributed by atoms with Gasteiger partial charge in [0, 0.05) is 24.9 Å². The van der Waals surface area contributed by atoms with Gasteiger partial charge in [-0.15, -0.1) is 0 Å². The summed E-state index contributed by atoms with van der Waals surface area (Å²) < 4.78 is 32.1. The van der Waals surface area contributed by atoms with Crippen molar-refractivity contribution < 1.29 is 13.5 Å². The van der Waals surface area contributed by atoms with Crippen LogP contribution in [-0.2, 0) is 4.74 Å². The summed E-state index contributed by atoms with van der Waals surface area (Å²) in [5.74, 6) is -1.65. The predicted molar refractivity (Wildman–Crippen MR) is 65.5 cm³/mol. The van der Waals surface area contributed by atoms with Gasteiger partial charge >= 0.3 is 0 Å². The maximum absolute atomic E-state index is 13.3. The first-order chi connectivity index (χ1) is 8.37. The minimum absolute atomic E-state index is 0.103. The molecule has 0 aromatic rings. The van der Waals surface area contributed by atoms with Crippen LogP contribution in [0.4, 0.5) is 8.78 Å². The Kier molecular flexibility index (Phi) is 2.54. The van der Waals surface area contributed by atoms with Crippen molar-refractivity contribution in [2.75, 3.05) is 26.2 Å². The van der Waals surface area contributed by atoms with Crippen molar-refractivity contribution in [1.82, 2.24) is 4.90 Å². The summed E-state index contributed by atoms with van der Waals surface area (Å²) in [6, 6.07) is 0.